The van der Waals surface area contributed by atoms with Crippen LogP contribution in [0.4, 0.5) is 4.79 Å². The minimum absolute atomic E-state index is 0.115. The Kier molecular flexibility index (Phi) is 4.75. The highest BCUT2D eigenvalue weighted by atomic mass is 28.3. The van der Waals surface area contributed by atoms with Gasteiger partial charge in [-0.15, -0.1) is 0 Å². The average molecular weight is 251 g/mol. The summed E-state index contributed by atoms with van der Waals surface area (Å²) in [5.41, 5.74) is 0. The molecule has 1 amide bonds. The minimum Gasteiger partial charge on any atom is -0.453 e. The molecule has 0 heterocycles. The maximum atomic E-state index is 11.4. The molecule has 0 unspecified atom stereocenters. The number of carbonyl (C=O) groups excluding carboxylic acids is 1. The molecule has 0 saturated carbocycles. The van der Waals surface area contributed by atoms with E-state index < -0.39 is 8.07 Å². The Morgan fingerprint density at radius 1 is 1.29 bits per heavy atom. The summed E-state index contributed by atoms with van der Waals surface area (Å²) in [6.45, 7) is 8.23. The van der Waals surface area contributed by atoms with E-state index >= 15 is 0 Å². The van der Waals surface area contributed by atoms with Crippen LogP contribution in [0.25, 0.3) is 0 Å². The smallest absolute Gasteiger partial charge is 0.407 e. The second-order valence-electron chi connectivity index (χ2n) is 5.13. The molecule has 1 N–H and O–H groups in total. The Morgan fingerprint density at radius 2 is 1.88 bits per heavy atom. The summed E-state index contributed by atoms with van der Waals surface area (Å²) in [6, 6.07) is 10.4. The fourth-order valence-electron chi connectivity index (χ4n) is 1.50. The molecule has 0 atom stereocenters. The number of nitrogens with one attached hydrogen (secondary N) is 1. The van der Waals surface area contributed by atoms with E-state index in [2.05, 4.69) is 30.5 Å². The van der Waals surface area contributed by atoms with Crippen molar-refractivity contribution in [3.63, 3.8) is 0 Å². The van der Waals surface area contributed by atoms with Crippen LogP contribution >= 0.6 is 0 Å². The normalized spacial score (nSPS) is 11.4. The van der Waals surface area contributed by atoms with Crippen LogP contribution < -0.4 is 10.5 Å². The lowest BCUT2D eigenvalue weighted by Crippen LogP contribution is -2.48. The van der Waals surface area contributed by atoms with Gasteiger partial charge < -0.3 is 10.1 Å². The summed E-state index contributed by atoms with van der Waals surface area (Å²) in [7, 11) is -1.68. The maximum Gasteiger partial charge on any atom is 0.407 e. The Balaban J connectivity index is 2.53. The minimum atomic E-state index is -1.68. The molecule has 0 fully saturated rings. The van der Waals surface area contributed by atoms with Gasteiger partial charge in [-0.2, -0.15) is 0 Å². The second-order valence-corrected chi connectivity index (χ2v) is 9.76. The van der Waals surface area contributed by atoms with E-state index in [4.69, 9.17) is 4.74 Å². The van der Waals surface area contributed by atoms with Gasteiger partial charge in [0.2, 0.25) is 0 Å². The summed E-state index contributed by atoms with van der Waals surface area (Å²) >= 11 is 0. The first kappa shape index (κ1) is 13.8. The molecule has 0 aliphatic carbocycles. The summed E-state index contributed by atoms with van der Waals surface area (Å²) in [4.78, 5) is 11.4. The third-order valence-electron chi connectivity index (χ3n) is 2.53. The third kappa shape index (κ3) is 4.61. The van der Waals surface area contributed by atoms with Crippen molar-refractivity contribution in [3.05, 3.63) is 30.3 Å². The van der Waals surface area contributed by atoms with Crippen molar-refractivity contribution in [2.45, 2.75) is 33.0 Å². The van der Waals surface area contributed by atoms with Crippen molar-refractivity contribution in [1.82, 2.24) is 5.32 Å². The lowest BCUT2D eigenvalue weighted by Gasteiger charge is -2.22. The highest BCUT2D eigenvalue weighted by Crippen LogP contribution is 2.04. The summed E-state index contributed by atoms with van der Waals surface area (Å²) in [5, 5.41) is 4.03. The first-order chi connectivity index (χ1) is 7.92. The van der Waals surface area contributed by atoms with E-state index in [0.29, 0.717) is 6.23 Å². The number of hydrogen-bond donors (Lipinski definition) is 1. The molecule has 94 valence electrons. The zero-order valence-corrected chi connectivity index (χ0v) is 12.0. The van der Waals surface area contributed by atoms with E-state index in [1.807, 2.05) is 32.0 Å². The monoisotopic (exact) mass is 251 g/mol. The van der Waals surface area contributed by atoms with Crippen LogP contribution in [0.15, 0.2) is 30.3 Å². The van der Waals surface area contributed by atoms with Crippen molar-refractivity contribution in [3.8, 4) is 0 Å². The largest absolute Gasteiger partial charge is 0.453 e. The van der Waals surface area contributed by atoms with E-state index in [1.165, 1.54) is 5.19 Å². The highest BCUT2D eigenvalue weighted by molar-refractivity contribution is 6.89. The Hall–Kier alpha value is -1.29. The number of amides is 1. The van der Waals surface area contributed by atoms with Gasteiger partial charge in [-0.05, 0) is 13.8 Å². The van der Waals surface area contributed by atoms with Gasteiger partial charge in [0.05, 0.1) is 6.23 Å². The fourth-order valence-corrected chi connectivity index (χ4v) is 3.25. The molecular weight excluding hydrogens is 230 g/mol. The molecule has 1 aromatic rings. The van der Waals surface area contributed by atoms with Gasteiger partial charge in [0.25, 0.3) is 0 Å². The van der Waals surface area contributed by atoms with Crippen LogP contribution in [-0.4, -0.2) is 26.4 Å². The highest BCUT2D eigenvalue weighted by Gasteiger charge is 2.25. The van der Waals surface area contributed by atoms with Crippen LogP contribution in [0, 0.1) is 0 Å². The van der Waals surface area contributed by atoms with Gasteiger partial charge in [-0.25, -0.2) is 4.79 Å². The maximum absolute atomic E-state index is 11.4. The summed E-state index contributed by atoms with van der Waals surface area (Å²) in [5.74, 6) is 0. The third-order valence-corrected chi connectivity index (χ3v) is 5.29. The van der Waals surface area contributed by atoms with Gasteiger partial charge in [0, 0.05) is 6.04 Å². The fraction of sp³-hybridized carbons (Fsp3) is 0.462. The predicted octanol–water partition coefficient (Wildman–Crippen LogP) is 2.28. The van der Waals surface area contributed by atoms with Crippen LogP contribution in [0.1, 0.15) is 13.8 Å². The van der Waals surface area contributed by atoms with Gasteiger partial charge >= 0.3 is 6.09 Å². The van der Waals surface area contributed by atoms with E-state index in [0.717, 1.165) is 0 Å². The Morgan fingerprint density at radius 3 is 2.41 bits per heavy atom. The lowest BCUT2D eigenvalue weighted by molar-refractivity contribution is 0.160. The molecule has 0 bridgehead atoms. The number of ether oxygens (including phenoxy) is 1. The van der Waals surface area contributed by atoms with Crippen molar-refractivity contribution in [2.24, 2.45) is 0 Å². The lowest BCUT2D eigenvalue weighted by atomic mass is 10.4. The van der Waals surface area contributed by atoms with Gasteiger partial charge in [-0.3, -0.25) is 0 Å². The number of rotatable bonds is 4. The molecular formula is C13H21NO2Si. The van der Waals surface area contributed by atoms with Gasteiger partial charge in [-0.1, -0.05) is 48.6 Å². The first-order valence-electron chi connectivity index (χ1n) is 5.90. The topological polar surface area (TPSA) is 38.3 Å². The SMILES string of the molecule is CC(C)NC(=O)OC[Si](C)(C)c1ccccc1. The quantitative estimate of drug-likeness (QED) is 0.834. The van der Waals surface area contributed by atoms with E-state index in [9.17, 15) is 4.79 Å². The van der Waals surface area contributed by atoms with Crippen LogP contribution in [0.3, 0.4) is 0 Å². The molecule has 0 radical (unpaired) electrons. The van der Waals surface area contributed by atoms with Crippen molar-refractivity contribution in [1.29, 1.82) is 0 Å². The number of alkyl carbamates (subject to hydrolysis) is 1. The molecule has 17 heavy (non-hydrogen) atoms. The molecule has 1 rings (SSSR count). The molecule has 4 heteroatoms. The predicted molar refractivity (Wildman–Crippen MR) is 73.2 cm³/mol. The molecule has 0 aliphatic rings. The van der Waals surface area contributed by atoms with Crippen LogP contribution in [0.2, 0.25) is 13.1 Å². The zero-order valence-electron chi connectivity index (χ0n) is 11.0. The van der Waals surface area contributed by atoms with Crippen molar-refractivity contribution >= 4 is 19.4 Å². The first-order valence-corrected chi connectivity index (χ1v) is 9.11. The summed E-state index contributed by atoms with van der Waals surface area (Å²) in [6.07, 6.45) is 0.187. The van der Waals surface area contributed by atoms with Crippen molar-refractivity contribution in [2.75, 3.05) is 6.23 Å². The van der Waals surface area contributed by atoms with Crippen molar-refractivity contribution < 1.29 is 9.53 Å². The molecule has 0 aromatic heterocycles. The van der Waals surface area contributed by atoms with Gasteiger partial charge in [0.15, 0.2) is 0 Å². The second kappa shape index (κ2) is 5.86. The Labute approximate surface area is 104 Å². The average Bonchev–Trinajstić information content (AvgIpc) is 2.27. The van der Waals surface area contributed by atoms with Gasteiger partial charge in [0.1, 0.15) is 8.07 Å². The van der Waals surface area contributed by atoms with Crippen LogP contribution in [0.5, 0.6) is 0 Å². The molecule has 0 aliphatic heterocycles. The number of carbonyl (C=O) groups is 1. The standard InChI is InChI=1S/C13H21NO2Si/c1-11(2)14-13(15)16-10-17(3,4)12-8-6-5-7-9-12/h5-9,11H,10H2,1-4H3,(H,14,15). The van der Waals surface area contributed by atoms with E-state index in [-0.39, 0.29) is 12.1 Å². The van der Waals surface area contributed by atoms with E-state index in [1.54, 1.807) is 0 Å². The summed E-state index contributed by atoms with van der Waals surface area (Å²) < 4.78 is 5.28. The number of hydrogen-bond acceptors (Lipinski definition) is 2. The zero-order chi connectivity index (χ0) is 12.9. The van der Waals surface area contributed by atoms with Crippen LogP contribution in [-0.2, 0) is 4.74 Å². The molecule has 0 saturated heterocycles. The molecule has 3 nitrogen and oxygen atoms in total. The Bertz CT molecular complexity index is 363. The number of benzene rings is 1. The molecule has 0 spiro atoms. The molecule has 1 aromatic carbocycles.